The predicted molar refractivity (Wildman–Crippen MR) is 316 cm³/mol. The number of carbonyl (C=O) groups excluding carboxylic acids is 7. The van der Waals surface area contributed by atoms with Gasteiger partial charge in [-0.25, -0.2) is 92.1 Å². The molecular weight excluding hydrogens is 1550 g/mol. The molecule has 0 aromatic heterocycles. The number of ether oxygens (including phenoxy) is 7. The van der Waals surface area contributed by atoms with Gasteiger partial charge >= 0.3 is 121 Å². The Hall–Kier alpha value is -6.75. The first-order valence-electron chi connectivity index (χ1n) is 27.6. The average Bonchev–Trinajstić information content (AvgIpc) is 1.60. The molecule has 1 spiro atoms. The van der Waals surface area contributed by atoms with Crippen LogP contribution in [0.5, 0.6) is 0 Å². The molecule has 102 heavy (non-hydrogen) atoms. The Morgan fingerprint density at radius 1 is 0.539 bits per heavy atom. The van der Waals surface area contributed by atoms with Crippen LogP contribution in [0.4, 0.5) is 13.2 Å². The molecule has 7 aliphatic heterocycles. The highest BCUT2D eigenvalue weighted by molar-refractivity contribution is 7.83. The van der Waals surface area contributed by atoms with Gasteiger partial charge in [-0.05, 0) is 39.2 Å². The second-order valence-electron chi connectivity index (χ2n) is 20.2. The highest BCUT2D eigenvalue weighted by Crippen LogP contribution is 2.43. The maximum Gasteiger partial charge on any atom is 0.422 e. The third-order valence-corrected chi connectivity index (χ3v) is 19.3. The monoisotopic (exact) mass is 1620 g/mol. The van der Waals surface area contributed by atoms with E-state index >= 15 is 0 Å². The van der Waals surface area contributed by atoms with Gasteiger partial charge in [0.05, 0.1) is 35.5 Å². The summed E-state index contributed by atoms with van der Waals surface area (Å²) in [4.78, 5) is 77.8. The summed E-state index contributed by atoms with van der Waals surface area (Å²) in [7, 11) is -23.1. The van der Waals surface area contributed by atoms with Crippen LogP contribution in [-0.2, 0) is 204 Å². The van der Waals surface area contributed by atoms with E-state index in [1.807, 2.05) is 36.3 Å². The average molecular weight is 1620 g/mol. The van der Waals surface area contributed by atoms with E-state index in [0.717, 1.165) is 66.3 Å². The van der Waals surface area contributed by atoms with E-state index in [-0.39, 0.29) is 19.6 Å². The van der Waals surface area contributed by atoms with Crippen molar-refractivity contribution < 1.29 is 197 Å². The fourth-order valence-electron chi connectivity index (χ4n) is 8.24. The number of benzene rings is 1. The molecule has 7 saturated heterocycles. The van der Waals surface area contributed by atoms with Crippen molar-refractivity contribution in [3.63, 3.8) is 0 Å². The summed E-state index contributed by atoms with van der Waals surface area (Å²) in [5, 5.41) is 0. The molecule has 1 aromatic rings. The molecule has 12 unspecified atom stereocenters. The van der Waals surface area contributed by atoms with Crippen LogP contribution in [0.3, 0.4) is 0 Å². The minimum Gasteiger partial charge on any atom is -0.467 e. The van der Waals surface area contributed by atoms with Crippen LogP contribution in [0.2, 0.25) is 0 Å². The van der Waals surface area contributed by atoms with Crippen molar-refractivity contribution in [1.29, 1.82) is 0 Å². The second-order valence-corrected chi connectivity index (χ2v) is 28.6. The summed E-state index contributed by atoms with van der Waals surface area (Å²) in [6.45, 7) is 4.73. The Balaban J connectivity index is 0.000000311. The van der Waals surface area contributed by atoms with Crippen molar-refractivity contribution in [3.05, 3.63) is 48.6 Å². The van der Waals surface area contributed by atoms with E-state index in [2.05, 4.69) is 95.9 Å². The lowest BCUT2D eigenvalue weighted by Crippen LogP contribution is -2.46. The van der Waals surface area contributed by atoms with Crippen molar-refractivity contribution in [1.82, 2.24) is 0 Å². The van der Waals surface area contributed by atoms with E-state index in [0.29, 0.717) is 12.8 Å². The molecule has 0 N–H and O–H groups in total. The Morgan fingerprint density at radius 2 is 0.990 bits per heavy atom. The zero-order valence-electron chi connectivity index (χ0n) is 53.7. The lowest BCUT2D eigenvalue weighted by Gasteiger charge is -2.32. The molecule has 7 heterocycles. The highest BCUT2D eigenvalue weighted by atomic mass is 32.3. The van der Waals surface area contributed by atoms with Gasteiger partial charge in [0.25, 0.3) is 0 Å². The molecule has 12 atom stereocenters. The van der Waals surface area contributed by atoms with Gasteiger partial charge in [-0.1, -0.05) is 67.5 Å². The molecule has 0 amide bonds. The summed E-state index contributed by atoms with van der Waals surface area (Å²) >= 11 is 0. The standard InChI is InChI=1S/C11H12O6S.C9H14O6S.C7H8O6S.C6H7F3O6S.C6H8O6S.C6H6O6S.C5H8O6S/c1-15-11(12)10-9(16-18(13,14)17-10)7-8-5-3-2-4-6-8;1-13-8(10)7-9(5-3-2-4-6-9)15-16(11,12)14-7;1-3-4-11-7(8)6-5(2)12-14(9,10)13-6;1-3-4(15-16(11,12)14-3)5(10)13-2-6(7,8)9;2*1-3-4-5(6(7)10-2)12-13(8,9)11-4;1-5(4(6)9-2)3-10-12(7,8)11-5/h2-6,9-10H,7H2,1H3;7H,2-6H2,1H3;1,5-6H,4H2,2H3;3-4H,2H2,1H3;3-5H,1H2,2H3;1,4-5H,2H3;3H2,1-2H3. The van der Waals surface area contributed by atoms with Crippen LogP contribution in [0.15, 0.2) is 43.0 Å². The highest BCUT2D eigenvalue weighted by Gasteiger charge is 2.58. The number of halogens is 3. The fraction of sp³-hybridized carbons (Fsp3) is 0.620. The summed E-state index contributed by atoms with van der Waals surface area (Å²) < 4.78 is 279. The first kappa shape index (κ1) is 89.5. The van der Waals surface area contributed by atoms with Crippen LogP contribution >= 0.6 is 0 Å². The molecule has 1 aromatic carbocycles. The van der Waals surface area contributed by atoms with Crippen LogP contribution in [0.1, 0.15) is 58.4 Å². The lowest BCUT2D eigenvalue weighted by atomic mass is 9.81. The van der Waals surface area contributed by atoms with Crippen molar-refractivity contribution in [2.24, 2.45) is 0 Å². The molecule has 42 nitrogen and oxygen atoms in total. The van der Waals surface area contributed by atoms with Gasteiger partial charge < -0.3 is 33.2 Å². The summed E-state index contributed by atoms with van der Waals surface area (Å²) in [5.41, 5.74) is -1.73. The van der Waals surface area contributed by atoms with Crippen LogP contribution < -0.4 is 0 Å². The van der Waals surface area contributed by atoms with Gasteiger partial charge in [-0.3, -0.25) is 0 Å². The number of rotatable bonds is 12. The number of carbonyl (C=O) groups is 7. The maximum atomic E-state index is 11.7. The summed E-state index contributed by atoms with van der Waals surface area (Å²) in [6.07, 6.45) is -3.18. The number of terminal acetylenes is 2. The van der Waals surface area contributed by atoms with E-state index in [1.54, 1.807) is 0 Å². The van der Waals surface area contributed by atoms with Gasteiger partial charge in [-0.15, -0.1) is 19.4 Å². The van der Waals surface area contributed by atoms with Crippen molar-refractivity contribution >= 4 is 115 Å². The van der Waals surface area contributed by atoms with Crippen molar-refractivity contribution in [3.8, 4) is 24.7 Å². The normalized spacial score (nSPS) is 29.9. The Kier molecular flexibility index (Phi) is 32.7. The fourth-order valence-corrected chi connectivity index (χ4v) is 15.2. The van der Waals surface area contributed by atoms with Crippen molar-refractivity contribution in [2.45, 2.75) is 144 Å². The van der Waals surface area contributed by atoms with Crippen molar-refractivity contribution in [2.75, 3.05) is 55.4 Å². The Morgan fingerprint density at radius 3 is 1.43 bits per heavy atom. The third kappa shape index (κ3) is 27.7. The van der Waals surface area contributed by atoms with Crippen LogP contribution in [-0.4, -0.2) is 241 Å². The summed E-state index contributed by atoms with van der Waals surface area (Å²) in [5.74, 6) is -2.19. The van der Waals surface area contributed by atoms with Crippen LogP contribution in [0, 0.1) is 24.7 Å². The van der Waals surface area contributed by atoms with E-state index in [4.69, 9.17) is 21.2 Å². The Labute approximate surface area is 581 Å². The number of hydrogen-bond donors (Lipinski definition) is 0. The molecule has 9 rings (SSSR count). The Bertz CT molecular complexity index is 4080. The zero-order chi connectivity index (χ0) is 77.8. The first-order chi connectivity index (χ1) is 47.0. The third-order valence-electron chi connectivity index (χ3n) is 12.7. The van der Waals surface area contributed by atoms with Gasteiger partial charge in [0, 0.05) is 6.42 Å². The number of methoxy groups -OCH3 is 5. The quantitative estimate of drug-likeness (QED) is 0.0920. The number of hydrogen-bond acceptors (Lipinski definition) is 42. The van der Waals surface area contributed by atoms with Gasteiger partial charge in [0.15, 0.2) is 19.3 Å². The smallest absolute Gasteiger partial charge is 0.422 e. The topological polar surface area (TPSA) is 552 Å². The molecule has 1 aliphatic carbocycles. The molecule has 578 valence electrons. The van der Waals surface area contributed by atoms with Gasteiger partial charge in [0.2, 0.25) is 42.2 Å². The van der Waals surface area contributed by atoms with E-state index < -0.39 is 206 Å². The van der Waals surface area contributed by atoms with E-state index in [1.165, 1.54) is 21.0 Å². The molecule has 52 heteroatoms. The van der Waals surface area contributed by atoms with Crippen LogP contribution in [0.25, 0.3) is 0 Å². The molecule has 1 saturated carbocycles. The summed E-state index contributed by atoms with van der Waals surface area (Å²) in [6, 6.07) is 9.08. The number of esters is 7. The molecular formula is C50H63F3O42S7. The minimum absolute atomic E-state index is 0.231. The molecule has 8 aliphatic rings. The molecule has 8 fully saturated rings. The minimum atomic E-state index is -4.68. The second kappa shape index (κ2) is 37.3. The van der Waals surface area contributed by atoms with Gasteiger partial charge in [-0.2, -0.15) is 72.1 Å². The maximum absolute atomic E-state index is 11.7. The SMILES string of the molecule is C#CC1OS(=O)(=O)OC1C(=O)OC.C#CCOC(=O)C1OS(=O)(=O)OC1C.C=CC1OS(=O)(=O)OC1C(=O)OC.CC1OS(=O)(=O)OC1C(=O)OCC(F)(F)F.COC(=O)C1(C)COS(=O)(=O)O1.COC(=O)C1OS(=O)(=O)OC12CCCCC2.COC(=O)C1OS(=O)(=O)OC1Cc1ccccc1. The predicted octanol–water partition coefficient (Wildman–Crippen LogP) is -2.29. The lowest BCUT2D eigenvalue weighted by molar-refractivity contribution is -0.191. The number of alkyl halides is 3. The zero-order valence-corrected chi connectivity index (χ0v) is 59.4. The van der Waals surface area contributed by atoms with Gasteiger partial charge in [0.1, 0.15) is 36.6 Å². The molecule has 0 radical (unpaired) electrons. The molecule has 0 bridgehead atoms. The largest absolute Gasteiger partial charge is 0.467 e. The van der Waals surface area contributed by atoms with E-state index in [9.17, 15) is 106 Å². The first-order valence-corrected chi connectivity index (χ1v) is 37.0.